The molecule has 0 unspecified atom stereocenters. The van der Waals surface area contributed by atoms with Crippen molar-refractivity contribution in [3.8, 4) is 0 Å². The molecule has 2 N–H and O–H groups in total. The van der Waals surface area contributed by atoms with Crippen molar-refractivity contribution in [3.63, 3.8) is 0 Å². The Hall–Kier alpha value is -3.02. The summed E-state index contributed by atoms with van der Waals surface area (Å²) in [5.74, 6) is 0. The Morgan fingerprint density at radius 2 is 1.52 bits per heavy atom. The molecule has 2 aromatic carbocycles. The van der Waals surface area contributed by atoms with Gasteiger partial charge in [0.25, 0.3) is 0 Å². The van der Waals surface area contributed by atoms with Crippen LogP contribution in [0.4, 0.5) is 11.4 Å². The van der Waals surface area contributed by atoms with Crippen LogP contribution >= 0.6 is 15.9 Å². The molecule has 0 radical (unpaired) electrons. The van der Waals surface area contributed by atoms with Gasteiger partial charge in [-0.15, -0.1) is 0 Å². The number of nitrogens with one attached hydrogen (secondary N) is 2. The predicted molar refractivity (Wildman–Crippen MR) is 106 cm³/mol. The molecule has 4 nitrogen and oxygen atoms in total. The average Bonchev–Trinajstić information content (AvgIpc) is 3.20. The van der Waals surface area contributed by atoms with Gasteiger partial charge in [-0.2, -0.15) is 0 Å². The van der Waals surface area contributed by atoms with Crippen molar-refractivity contribution in [2.75, 3.05) is 0 Å². The smallest absolute Gasteiger partial charge is 0.190 e. The lowest BCUT2D eigenvalue weighted by molar-refractivity contribution is 1.44. The van der Waals surface area contributed by atoms with Crippen molar-refractivity contribution in [2.45, 2.75) is 13.8 Å². The largest absolute Gasteiger partial charge is 0.361 e. The van der Waals surface area contributed by atoms with Crippen molar-refractivity contribution < 1.29 is 0 Å². The zero-order valence-electron chi connectivity index (χ0n) is 13.8. The first kappa shape index (κ1) is 16.8. The second-order valence-corrected chi connectivity index (χ2v) is 6.60. The van der Waals surface area contributed by atoms with E-state index < -0.39 is 0 Å². The molecule has 0 aliphatic heterocycles. The van der Waals surface area contributed by atoms with Crippen molar-refractivity contribution in [2.24, 2.45) is 0 Å². The zero-order chi connectivity index (χ0) is 18.0. The fourth-order valence-electron chi connectivity index (χ4n) is 2.67. The fraction of sp³-hybridized carbons (Fsp3) is 0.100. The number of aryl methyl sites for hydroxylation is 2. The van der Waals surface area contributed by atoms with Crippen LogP contribution < -0.4 is 0 Å². The molecule has 122 valence electrons. The van der Waals surface area contributed by atoms with Gasteiger partial charge in [-0.25, -0.2) is 9.69 Å². The van der Waals surface area contributed by atoms with Gasteiger partial charge < -0.3 is 9.97 Å². The maximum atomic E-state index is 6.98. The average molecular weight is 391 g/mol. The Morgan fingerprint density at radius 3 is 2.20 bits per heavy atom. The van der Waals surface area contributed by atoms with Gasteiger partial charge >= 0.3 is 0 Å². The summed E-state index contributed by atoms with van der Waals surface area (Å²) in [6, 6.07) is 9.78. The second-order valence-electron chi connectivity index (χ2n) is 5.75. The van der Waals surface area contributed by atoms with Crippen LogP contribution in [0.3, 0.4) is 0 Å². The highest BCUT2D eigenvalue weighted by Gasteiger charge is 2.04. The minimum absolute atomic E-state index is 0.716. The summed E-state index contributed by atoms with van der Waals surface area (Å²) in [7, 11) is 0. The van der Waals surface area contributed by atoms with Gasteiger partial charge in [0.05, 0.1) is 13.1 Å². The number of halogens is 1. The normalized spacial score (nSPS) is 10.1. The first-order valence-electron chi connectivity index (χ1n) is 7.63. The van der Waals surface area contributed by atoms with Crippen LogP contribution in [0.2, 0.25) is 0 Å². The molecule has 0 aliphatic carbocycles. The standard InChI is InChI=1S/C10H7BrN2.C10H8N2/c1-6-3-10-7(4-9(6)12-2)8(11)5-13-10;1-7-5-10-8(3-4-12-10)6-9(7)11-2/h3-5,13H,1H3;3-6,12H,1H3. The molecule has 2 heterocycles. The molecule has 0 fully saturated rings. The fourth-order valence-corrected chi connectivity index (χ4v) is 3.11. The first-order valence-corrected chi connectivity index (χ1v) is 8.42. The molecule has 0 saturated heterocycles. The van der Waals surface area contributed by atoms with Crippen molar-refractivity contribution in [1.29, 1.82) is 0 Å². The van der Waals surface area contributed by atoms with E-state index in [4.69, 9.17) is 13.1 Å². The van der Waals surface area contributed by atoms with Crippen LogP contribution in [-0.4, -0.2) is 9.97 Å². The predicted octanol–water partition coefficient (Wildman–Crippen LogP) is 6.82. The van der Waals surface area contributed by atoms with E-state index in [-0.39, 0.29) is 0 Å². The minimum Gasteiger partial charge on any atom is -0.361 e. The third-order valence-electron chi connectivity index (χ3n) is 4.06. The highest BCUT2D eigenvalue weighted by atomic mass is 79.9. The van der Waals surface area contributed by atoms with E-state index in [1.54, 1.807) is 0 Å². The third-order valence-corrected chi connectivity index (χ3v) is 4.71. The van der Waals surface area contributed by atoms with E-state index >= 15 is 0 Å². The number of rotatable bonds is 0. The molecule has 0 bridgehead atoms. The lowest BCUT2D eigenvalue weighted by atomic mass is 10.1. The number of nitrogens with zero attached hydrogens (tertiary/aromatic N) is 2. The van der Waals surface area contributed by atoms with E-state index in [1.807, 2.05) is 56.6 Å². The summed E-state index contributed by atoms with van der Waals surface area (Å²) in [5, 5.41) is 2.17. The number of aromatic nitrogens is 2. The molecule has 4 aromatic rings. The van der Waals surface area contributed by atoms with Gasteiger partial charge in [0.2, 0.25) is 0 Å². The first-order chi connectivity index (χ1) is 12.0. The van der Waals surface area contributed by atoms with Crippen LogP contribution in [0.1, 0.15) is 11.1 Å². The highest BCUT2D eigenvalue weighted by molar-refractivity contribution is 9.10. The lowest BCUT2D eigenvalue weighted by Crippen LogP contribution is -1.73. The van der Waals surface area contributed by atoms with Gasteiger partial charge in [-0.3, -0.25) is 0 Å². The molecule has 2 aromatic heterocycles. The number of fused-ring (bicyclic) bond motifs is 2. The van der Waals surface area contributed by atoms with Crippen molar-refractivity contribution >= 4 is 49.1 Å². The lowest BCUT2D eigenvalue weighted by Gasteiger charge is -1.97. The molecular weight excluding hydrogens is 376 g/mol. The maximum Gasteiger partial charge on any atom is 0.190 e. The van der Waals surface area contributed by atoms with Gasteiger partial charge in [0.15, 0.2) is 11.4 Å². The SMILES string of the molecule is [C-]#[N+]c1cc2c(Br)c[nH]c2cc1C.[C-]#[N+]c1cc2cc[nH]c2cc1C. The van der Waals surface area contributed by atoms with Gasteiger partial charge in [0.1, 0.15) is 0 Å². The quantitative estimate of drug-likeness (QED) is 0.309. The van der Waals surface area contributed by atoms with Gasteiger partial charge in [-0.1, -0.05) is 0 Å². The Labute approximate surface area is 154 Å². The van der Waals surface area contributed by atoms with E-state index in [1.165, 1.54) is 0 Å². The summed E-state index contributed by atoms with van der Waals surface area (Å²) in [4.78, 5) is 13.1. The molecule has 25 heavy (non-hydrogen) atoms. The van der Waals surface area contributed by atoms with Crippen LogP contribution in [-0.2, 0) is 0 Å². The van der Waals surface area contributed by atoms with Crippen LogP contribution in [0.25, 0.3) is 31.5 Å². The summed E-state index contributed by atoms with van der Waals surface area (Å²) in [5.41, 5.74) is 5.66. The van der Waals surface area contributed by atoms with Crippen molar-refractivity contribution in [3.05, 3.63) is 81.2 Å². The summed E-state index contributed by atoms with van der Waals surface area (Å²) in [6.45, 7) is 17.8. The molecule has 0 amide bonds. The second kappa shape index (κ2) is 6.84. The van der Waals surface area contributed by atoms with Crippen molar-refractivity contribution in [1.82, 2.24) is 9.97 Å². The Bertz CT molecular complexity index is 1150. The Morgan fingerprint density at radius 1 is 0.880 bits per heavy atom. The van der Waals surface area contributed by atoms with E-state index in [0.717, 1.165) is 43.1 Å². The summed E-state index contributed by atoms with van der Waals surface area (Å²) < 4.78 is 1.01. The molecule has 0 saturated carbocycles. The Kier molecular flexibility index (Phi) is 4.61. The van der Waals surface area contributed by atoms with Gasteiger partial charge in [-0.05, 0) is 76.6 Å². The summed E-state index contributed by atoms with van der Waals surface area (Å²) >= 11 is 3.42. The molecule has 0 aliphatic rings. The number of H-pyrrole nitrogens is 2. The number of aromatic amines is 2. The molecule has 5 heteroatoms. The highest BCUT2D eigenvalue weighted by Crippen LogP contribution is 2.30. The number of hydrogen-bond donors (Lipinski definition) is 2. The molecule has 4 rings (SSSR count). The van der Waals surface area contributed by atoms with Gasteiger partial charge in [0, 0.05) is 33.3 Å². The topological polar surface area (TPSA) is 40.3 Å². The maximum absolute atomic E-state index is 6.98. The monoisotopic (exact) mass is 390 g/mol. The molecule has 0 atom stereocenters. The van der Waals surface area contributed by atoms with Crippen LogP contribution in [0.5, 0.6) is 0 Å². The molecular formula is C20H15BrN4. The third kappa shape index (κ3) is 3.28. The minimum atomic E-state index is 0.716. The Balaban J connectivity index is 0.000000146. The van der Waals surface area contributed by atoms with E-state index in [0.29, 0.717) is 5.69 Å². The van der Waals surface area contributed by atoms with Crippen LogP contribution in [0, 0.1) is 27.0 Å². The van der Waals surface area contributed by atoms with Crippen LogP contribution in [0.15, 0.2) is 47.2 Å². The summed E-state index contributed by atoms with van der Waals surface area (Å²) in [6.07, 6.45) is 3.77. The van der Waals surface area contributed by atoms with E-state index in [9.17, 15) is 0 Å². The number of benzene rings is 2. The number of hydrogen-bond acceptors (Lipinski definition) is 0. The molecule has 0 spiro atoms. The van der Waals surface area contributed by atoms with E-state index in [2.05, 4.69) is 35.6 Å². The zero-order valence-corrected chi connectivity index (χ0v) is 15.4.